The highest BCUT2D eigenvalue weighted by molar-refractivity contribution is 6.15. The van der Waals surface area contributed by atoms with Gasteiger partial charge in [0.25, 0.3) is 0 Å². The molecule has 1 heteroatoms. The molecule has 0 saturated heterocycles. The van der Waals surface area contributed by atoms with E-state index in [1.54, 1.807) is 0 Å². The number of aromatic nitrogens is 1. The van der Waals surface area contributed by atoms with Crippen molar-refractivity contribution in [1.29, 1.82) is 0 Å². The van der Waals surface area contributed by atoms with E-state index in [1.165, 1.54) is 55.3 Å². The summed E-state index contributed by atoms with van der Waals surface area (Å²) in [4.78, 5) is 0. The number of benzene rings is 5. The zero-order valence-corrected chi connectivity index (χ0v) is 19.4. The Kier molecular flexibility index (Phi) is 5.84. The number of rotatable bonds is 3. The average Bonchev–Trinajstić information content (AvgIpc) is 3.24. The Bertz CT molecular complexity index is 1560. The second kappa shape index (κ2) is 9.25. The first-order chi connectivity index (χ1) is 16.8. The number of hydrogen-bond acceptors (Lipinski definition) is 0. The minimum atomic E-state index is 1.18. The van der Waals surface area contributed by atoms with Crippen molar-refractivity contribution >= 4 is 21.8 Å². The lowest BCUT2D eigenvalue weighted by Crippen LogP contribution is -1.96. The van der Waals surface area contributed by atoms with Crippen molar-refractivity contribution in [2.45, 2.75) is 6.92 Å². The maximum Gasteiger partial charge on any atom is 0.0619 e. The first kappa shape index (κ1) is 21.5. The van der Waals surface area contributed by atoms with Crippen molar-refractivity contribution in [3.05, 3.63) is 140 Å². The molecule has 1 nitrogen and oxygen atoms in total. The molecule has 0 unspecified atom stereocenters. The summed E-state index contributed by atoms with van der Waals surface area (Å²) >= 11 is 0. The van der Waals surface area contributed by atoms with Gasteiger partial charge in [0.05, 0.1) is 11.0 Å². The van der Waals surface area contributed by atoms with Crippen molar-refractivity contribution in [3.63, 3.8) is 0 Å². The number of fused-ring (bicyclic) bond motifs is 3. The molecule has 1 heterocycles. The summed E-state index contributed by atoms with van der Waals surface area (Å²) in [6.45, 7) is 8.17. The molecule has 0 saturated carbocycles. The largest absolute Gasteiger partial charge is 0.309 e. The van der Waals surface area contributed by atoms with Crippen LogP contribution >= 0.6 is 0 Å². The molecular weight excluding hydrogens is 410 g/mol. The molecule has 0 N–H and O–H groups in total. The monoisotopic (exact) mass is 437 g/mol. The smallest absolute Gasteiger partial charge is 0.0619 e. The molecule has 6 rings (SSSR count). The summed E-state index contributed by atoms with van der Waals surface area (Å²) in [5, 5.41) is 2.56. The molecule has 34 heavy (non-hydrogen) atoms. The Morgan fingerprint density at radius 1 is 0.529 bits per heavy atom. The Hall–Kier alpha value is -4.36. The van der Waals surface area contributed by atoms with Gasteiger partial charge in [-0.2, -0.15) is 0 Å². The van der Waals surface area contributed by atoms with Crippen LogP contribution in [-0.2, 0) is 0 Å². The Labute approximate surface area is 201 Å². The van der Waals surface area contributed by atoms with E-state index >= 15 is 0 Å². The SMILES string of the molecule is C=C.Cc1ccc2c3cc(-c4ccccc4)cc(-c4ccccc4)c3n(-c3ccccc3)c2c1. The molecular formula is C33H27N. The maximum atomic E-state index is 3.00. The Morgan fingerprint density at radius 3 is 1.76 bits per heavy atom. The van der Waals surface area contributed by atoms with E-state index in [0.29, 0.717) is 0 Å². The van der Waals surface area contributed by atoms with Gasteiger partial charge >= 0.3 is 0 Å². The van der Waals surface area contributed by atoms with E-state index in [2.05, 4.69) is 146 Å². The van der Waals surface area contributed by atoms with Crippen LogP contribution in [0.3, 0.4) is 0 Å². The second-order valence-electron chi connectivity index (χ2n) is 8.34. The lowest BCUT2D eigenvalue weighted by molar-refractivity contribution is 1.18. The van der Waals surface area contributed by atoms with Crippen molar-refractivity contribution in [1.82, 2.24) is 4.57 Å². The zero-order valence-electron chi connectivity index (χ0n) is 19.4. The normalized spacial score (nSPS) is 10.7. The van der Waals surface area contributed by atoms with E-state index in [0.717, 1.165) is 0 Å². The average molecular weight is 438 g/mol. The van der Waals surface area contributed by atoms with Crippen LogP contribution in [0.2, 0.25) is 0 Å². The first-order valence-electron chi connectivity index (χ1n) is 11.5. The molecule has 0 fully saturated rings. The summed E-state index contributed by atoms with van der Waals surface area (Å²) in [6.07, 6.45) is 0. The Morgan fingerprint density at radius 2 is 1.12 bits per heavy atom. The first-order valence-corrected chi connectivity index (χ1v) is 11.5. The van der Waals surface area contributed by atoms with Gasteiger partial charge in [-0.1, -0.05) is 91.0 Å². The summed E-state index contributed by atoms with van der Waals surface area (Å²) in [6, 6.07) is 43.6. The van der Waals surface area contributed by atoms with E-state index < -0.39 is 0 Å². The van der Waals surface area contributed by atoms with Gasteiger partial charge in [-0.15, -0.1) is 13.2 Å². The molecule has 0 amide bonds. The molecule has 0 aliphatic rings. The van der Waals surface area contributed by atoms with Gasteiger partial charge in [-0.25, -0.2) is 0 Å². The minimum absolute atomic E-state index is 1.18. The van der Waals surface area contributed by atoms with Crippen LogP contribution in [0.25, 0.3) is 49.7 Å². The number of para-hydroxylation sites is 1. The fraction of sp³-hybridized carbons (Fsp3) is 0.0303. The molecule has 0 aliphatic heterocycles. The summed E-state index contributed by atoms with van der Waals surface area (Å²) < 4.78 is 2.43. The standard InChI is InChI=1S/C31H23N.C2H4/c1-22-17-18-27-29-21-25(23-11-5-2-6-12-23)20-28(24-13-7-3-8-14-24)31(29)32(30(27)19-22)26-15-9-4-10-16-26;1-2/h2-21H,1H3;1-2H2. The highest BCUT2D eigenvalue weighted by atomic mass is 15.0. The lowest BCUT2D eigenvalue weighted by atomic mass is 9.95. The topological polar surface area (TPSA) is 4.93 Å². The van der Waals surface area contributed by atoms with Gasteiger partial charge in [-0.3, -0.25) is 0 Å². The fourth-order valence-electron chi connectivity index (χ4n) is 4.74. The minimum Gasteiger partial charge on any atom is -0.309 e. The van der Waals surface area contributed by atoms with Crippen molar-refractivity contribution < 1.29 is 0 Å². The molecule has 164 valence electrons. The van der Waals surface area contributed by atoms with Crippen LogP contribution in [0.4, 0.5) is 0 Å². The summed E-state index contributed by atoms with van der Waals surface area (Å²) in [5.41, 5.74) is 9.90. The fourth-order valence-corrected chi connectivity index (χ4v) is 4.74. The van der Waals surface area contributed by atoms with Gasteiger partial charge in [0.1, 0.15) is 0 Å². The Balaban J connectivity index is 0.00000117. The quantitative estimate of drug-likeness (QED) is 0.243. The predicted octanol–water partition coefficient (Wildman–Crippen LogP) is 9.23. The molecule has 0 radical (unpaired) electrons. The van der Waals surface area contributed by atoms with Gasteiger partial charge in [0.15, 0.2) is 0 Å². The van der Waals surface area contributed by atoms with E-state index in [-0.39, 0.29) is 0 Å². The molecule has 0 aliphatic carbocycles. The predicted molar refractivity (Wildman–Crippen MR) is 148 cm³/mol. The van der Waals surface area contributed by atoms with Crippen LogP contribution in [0.1, 0.15) is 5.56 Å². The lowest BCUT2D eigenvalue weighted by Gasteiger charge is -2.14. The van der Waals surface area contributed by atoms with E-state index in [4.69, 9.17) is 0 Å². The van der Waals surface area contributed by atoms with Crippen LogP contribution in [0.5, 0.6) is 0 Å². The molecule has 6 aromatic rings. The van der Waals surface area contributed by atoms with Gasteiger partial charge < -0.3 is 4.57 Å². The third-order valence-corrected chi connectivity index (χ3v) is 6.22. The molecule has 0 bridgehead atoms. The van der Waals surface area contributed by atoms with Gasteiger partial charge in [0.2, 0.25) is 0 Å². The zero-order chi connectivity index (χ0) is 23.5. The highest BCUT2D eigenvalue weighted by Crippen LogP contribution is 2.41. The van der Waals surface area contributed by atoms with Crippen molar-refractivity contribution in [2.24, 2.45) is 0 Å². The molecule has 0 spiro atoms. The summed E-state index contributed by atoms with van der Waals surface area (Å²) in [5.74, 6) is 0. The molecule has 5 aromatic carbocycles. The van der Waals surface area contributed by atoms with Crippen LogP contribution in [0.15, 0.2) is 134 Å². The maximum absolute atomic E-state index is 3.00. The molecule has 0 atom stereocenters. The summed E-state index contributed by atoms with van der Waals surface area (Å²) in [7, 11) is 0. The van der Waals surface area contributed by atoms with Crippen LogP contribution in [-0.4, -0.2) is 4.57 Å². The van der Waals surface area contributed by atoms with Crippen molar-refractivity contribution in [3.8, 4) is 27.9 Å². The number of aryl methyl sites for hydroxylation is 1. The third kappa shape index (κ3) is 3.72. The van der Waals surface area contributed by atoms with E-state index in [9.17, 15) is 0 Å². The van der Waals surface area contributed by atoms with Gasteiger partial charge in [0, 0.05) is 22.0 Å². The second-order valence-corrected chi connectivity index (χ2v) is 8.34. The number of nitrogens with zero attached hydrogens (tertiary/aromatic N) is 1. The van der Waals surface area contributed by atoms with Crippen LogP contribution in [0, 0.1) is 6.92 Å². The molecule has 1 aromatic heterocycles. The highest BCUT2D eigenvalue weighted by Gasteiger charge is 2.18. The van der Waals surface area contributed by atoms with Crippen LogP contribution < -0.4 is 0 Å². The third-order valence-electron chi connectivity index (χ3n) is 6.22. The van der Waals surface area contributed by atoms with Crippen molar-refractivity contribution in [2.75, 3.05) is 0 Å². The number of hydrogen-bond donors (Lipinski definition) is 0. The van der Waals surface area contributed by atoms with E-state index in [1.807, 2.05) is 0 Å². The van der Waals surface area contributed by atoms with Gasteiger partial charge in [-0.05, 0) is 59.5 Å².